The molecule has 3 rings (SSSR count). The number of aliphatic hydroxyl groups is 1. The molecule has 2 unspecified atom stereocenters. The lowest BCUT2D eigenvalue weighted by atomic mass is 10.1. The molecule has 23 heavy (non-hydrogen) atoms. The monoisotopic (exact) mass is 335 g/mol. The molecule has 6 heteroatoms. The average Bonchev–Trinajstić information content (AvgIpc) is 3.18. The number of aliphatic hydroxyl groups excluding tert-OH is 1. The van der Waals surface area contributed by atoms with E-state index in [4.69, 9.17) is 20.8 Å². The van der Waals surface area contributed by atoms with Gasteiger partial charge in [0.2, 0.25) is 0 Å². The maximum atomic E-state index is 12.7. The second-order valence-corrected chi connectivity index (χ2v) is 5.81. The number of halogens is 1. The minimum Gasteiger partial charge on any atom is -0.451 e. The number of carbonyl (C=O) groups excluding carboxylic acids is 1. The molecule has 1 aliphatic heterocycles. The number of rotatable bonds is 4. The van der Waals surface area contributed by atoms with Crippen LogP contribution in [0.15, 0.2) is 40.8 Å². The van der Waals surface area contributed by atoms with Crippen LogP contribution in [0.5, 0.6) is 0 Å². The van der Waals surface area contributed by atoms with Crippen LogP contribution >= 0.6 is 11.6 Å². The van der Waals surface area contributed by atoms with Gasteiger partial charge in [-0.1, -0.05) is 23.7 Å². The van der Waals surface area contributed by atoms with Crippen LogP contribution in [0, 0.1) is 0 Å². The molecule has 1 aliphatic rings. The molecule has 2 aromatic rings. The molecule has 1 fully saturated rings. The van der Waals surface area contributed by atoms with E-state index in [2.05, 4.69) is 0 Å². The Morgan fingerprint density at radius 2 is 2.09 bits per heavy atom. The predicted octanol–water partition coefficient (Wildman–Crippen LogP) is 2.82. The van der Waals surface area contributed by atoms with E-state index >= 15 is 0 Å². The van der Waals surface area contributed by atoms with Crippen molar-refractivity contribution in [3.8, 4) is 11.3 Å². The number of ether oxygens (including phenoxy) is 1. The number of hydrogen-bond donors (Lipinski definition) is 1. The molecule has 122 valence electrons. The second-order valence-electron chi connectivity index (χ2n) is 5.41. The highest BCUT2D eigenvalue weighted by Crippen LogP contribution is 2.29. The Bertz CT molecular complexity index is 699. The van der Waals surface area contributed by atoms with Gasteiger partial charge in [0.25, 0.3) is 5.91 Å². The summed E-state index contributed by atoms with van der Waals surface area (Å²) in [5, 5.41) is 10.5. The van der Waals surface area contributed by atoms with Crippen molar-refractivity contribution in [3.63, 3.8) is 0 Å². The largest absolute Gasteiger partial charge is 0.451 e. The predicted molar refractivity (Wildman–Crippen MR) is 86.5 cm³/mol. The minimum atomic E-state index is -0.670. The molecule has 1 N–H and O–H groups in total. The van der Waals surface area contributed by atoms with Gasteiger partial charge in [0, 0.05) is 12.1 Å². The van der Waals surface area contributed by atoms with E-state index in [1.807, 2.05) is 25.1 Å². The topological polar surface area (TPSA) is 62.9 Å². The van der Waals surface area contributed by atoms with Crippen molar-refractivity contribution in [1.29, 1.82) is 0 Å². The fourth-order valence-corrected chi connectivity index (χ4v) is 2.99. The highest BCUT2D eigenvalue weighted by Gasteiger charge is 2.35. The van der Waals surface area contributed by atoms with Crippen molar-refractivity contribution in [1.82, 2.24) is 4.90 Å². The van der Waals surface area contributed by atoms with E-state index in [0.29, 0.717) is 23.9 Å². The van der Waals surface area contributed by atoms with Gasteiger partial charge in [0.1, 0.15) is 5.76 Å². The van der Waals surface area contributed by atoms with E-state index in [-0.39, 0.29) is 24.3 Å². The summed E-state index contributed by atoms with van der Waals surface area (Å²) in [7, 11) is 0. The van der Waals surface area contributed by atoms with Crippen molar-refractivity contribution < 1.29 is 19.1 Å². The molecule has 1 amide bonds. The molecule has 0 radical (unpaired) electrons. The molecule has 1 aromatic heterocycles. The number of amides is 1. The third-order valence-corrected chi connectivity index (χ3v) is 4.31. The first-order chi connectivity index (χ1) is 11.1. The quantitative estimate of drug-likeness (QED) is 0.933. The van der Waals surface area contributed by atoms with Gasteiger partial charge in [-0.3, -0.25) is 4.79 Å². The number of hydrogen-bond acceptors (Lipinski definition) is 4. The molecule has 0 bridgehead atoms. The smallest absolute Gasteiger partial charge is 0.289 e. The number of benzene rings is 1. The Morgan fingerprint density at radius 1 is 1.30 bits per heavy atom. The number of carbonyl (C=O) groups is 1. The van der Waals surface area contributed by atoms with Crippen LogP contribution in [0.1, 0.15) is 17.5 Å². The maximum absolute atomic E-state index is 12.7. The molecule has 0 spiro atoms. The lowest BCUT2D eigenvalue weighted by molar-refractivity contribution is 0.0493. The third-order valence-electron chi connectivity index (χ3n) is 3.98. The Morgan fingerprint density at radius 3 is 2.74 bits per heavy atom. The third kappa shape index (κ3) is 3.13. The van der Waals surface area contributed by atoms with Crippen LogP contribution in [0.4, 0.5) is 0 Å². The van der Waals surface area contributed by atoms with Gasteiger partial charge in [-0.25, -0.2) is 0 Å². The van der Waals surface area contributed by atoms with Gasteiger partial charge < -0.3 is 19.2 Å². The fourth-order valence-electron chi connectivity index (χ4n) is 2.76. The molecule has 0 aliphatic carbocycles. The van der Waals surface area contributed by atoms with Crippen molar-refractivity contribution in [2.24, 2.45) is 0 Å². The van der Waals surface area contributed by atoms with Gasteiger partial charge in [-0.05, 0) is 31.2 Å². The minimum absolute atomic E-state index is 0.223. The Balaban J connectivity index is 1.84. The second kappa shape index (κ2) is 6.74. The zero-order valence-electron chi connectivity index (χ0n) is 12.7. The summed E-state index contributed by atoms with van der Waals surface area (Å²) in [5.41, 5.74) is 0.737. The molecule has 2 heterocycles. The van der Waals surface area contributed by atoms with Gasteiger partial charge in [-0.2, -0.15) is 0 Å². The standard InChI is InChI=1S/C17H18ClNO4/c1-2-19(13-9-22-10-14(13)20)17(21)16-8-7-15(23-16)11-5-3-4-6-12(11)18/h3-8,13-14,20H,2,9-10H2,1H3. The molecule has 1 saturated heterocycles. The Hall–Kier alpha value is -1.82. The molecule has 0 saturated carbocycles. The summed E-state index contributed by atoms with van der Waals surface area (Å²) < 4.78 is 10.9. The molecule has 2 atom stereocenters. The summed E-state index contributed by atoms with van der Waals surface area (Å²) >= 11 is 6.16. The zero-order valence-corrected chi connectivity index (χ0v) is 13.5. The summed E-state index contributed by atoms with van der Waals surface area (Å²) in [6, 6.07) is 10.3. The number of likely N-dealkylation sites (N-methyl/N-ethyl adjacent to an activating group) is 1. The average molecular weight is 336 g/mol. The molecule has 5 nitrogen and oxygen atoms in total. The van der Waals surface area contributed by atoms with Gasteiger partial charge in [0.15, 0.2) is 5.76 Å². The normalized spacial score (nSPS) is 20.7. The van der Waals surface area contributed by atoms with Crippen LogP contribution in [0.25, 0.3) is 11.3 Å². The van der Waals surface area contributed by atoms with Crippen molar-refractivity contribution in [2.75, 3.05) is 19.8 Å². The van der Waals surface area contributed by atoms with E-state index in [1.165, 1.54) is 0 Å². The number of furan rings is 1. The summed E-state index contributed by atoms with van der Waals surface area (Å²) in [5.74, 6) is 0.499. The Kier molecular flexibility index (Phi) is 4.71. The van der Waals surface area contributed by atoms with Crippen molar-refractivity contribution >= 4 is 17.5 Å². The summed E-state index contributed by atoms with van der Waals surface area (Å²) in [4.78, 5) is 14.2. The molecular weight excluding hydrogens is 318 g/mol. The molecule has 1 aromatic carbocycles. The van der Waals surface area contributed by atoms with Gasteiger partial charge in [0.05, 0.1) is 30.4 Å². The first kappa shape index (κ1) is 16.1. The van der Waals surface area contributed by atoms with E-state index < -0.39 is 6.10 Å². The SMILES string of the molecule is CCN(C(=O)c1ccc(-c2ccccc2Cl)o1)C1COCC1O. The van der Waals surface area contributed by atoms with Crippen LogP contribution in [0.2, 0.25) is 5.02 Å². The highest BCUT2D eigenvalue weighted by molar-refractivity contribution is 6.33. The maximum Gasteiger partial charge on any atom is 0.289 e. The first-order valence-corrected chi connectivity index (χ1v) is 7.91. The number of nitrogens with zero attached hydrogens (tertiary/aromatic N) is 1. The van der Waals surface area contributed by atoms with Crippen molar-refractivity contribution in [3.05, 3.63) is 47.2 Å². The lowest BCUT2D eigenvalue weighted by Gasteiger charge is -2.27. The van der Waals surface area contributed by atoms with Gasteiger partial charge in [-0.15, -0.1) is 0 Å². The lowest BCUT2D eigenvalue weighted by Crippen LogP contribution is -2.46. The summed E-state index contributed by atoms with van der Waals surface area (Å²) in [6.07, 6.45) is -0.670. The Labute approximate surface area is 139 Å². The molecular formula is C17H18ClNO4. The summed E-state index contributed by atoms with van der Waals surface area (Å²) in [6.45, 7) is 2.91. The van der Waals surface area contributed by atoms with Crippen LogP contribution in [-0.4, -0.2) is 47.8 Å². The van der Waals surface area contributed by atoms with Crippen LogP contribution in [0.3, 0.4) is 0 Å². The van der Waals surface area contributed by atoms with Gasteiger partial charge >= 0.3 is 0 Å². The van der Waals surface area contributed by atoms with Crippen LogP contribution in [-0.2, 0) is 4.74 Å². The van der Waals surface area contributed by atoms with E-state index in [1.54, 1.807) is 23.1 Å². The van der Waals surface area contributed by atoms with E-state index in [9.17, 15) is 9.90 Å². The zero-order chi connectivity index (χ0) is 16.4. The van der Waals surface area contributed by atoms with E-state index in [0.717, 1.165) is 5.56 Å². The first-order valence-electron chi connectivity index (χ1n) is 7.53. The van der Waals surface area contributed by atoms with Crippen molar-refractivity contribution in [2.45, 2.75) is 19.1 Å². The fraction of sp³-hybridized carbons (Fsp3) is 0.353. The van der Waals surface area contributed by atoms with Crippen LogP contribution < -0.4 is 0 Å². The highest BCUT2D eigenvalue weighted by atomic mass is 35.5.